The van der Waals surface area contributed by atoms with Gasteiger partial charge >= 0.3 is 0 Å². The van der Waals surface area contributed by atoms with E-state index < -0.39 is 34.1 Å². The lowest BCUT2D eigenvalue weighted by molar-refractivity contribution is 0.00645. The molecule has 0 aliphatic carbocycles. The van der Waals surface area contributed by atoms with E-state index >= 15 is 0 Å². The maximum atomic E-state index is 13.4. The Morgan fingerprint density at radius 3 is 2.61 bits per heavy atom. The summed E-state index contributed by atoms with van der Waals surface area (Å²) in [6, 6.07) is 2.31. The minimum Gasteiger partial charge on any atom is -0.377 e. The molecular formula is C12H17F2NO2S. The lowest BCUT2D eigenvalue weighted by Gasteiger charge is -2.29. The monoisotopic (exact) mass is 277 g/mol. The van der Waals surface area contributed by atoms with E-state index in [9.17, 15) is 13.0 Å². The average Bonchev–Trinajstić information content (AvgIpc) is 2.31. The predicted octanol–water partition coefficient (Wildman–Crippen LogP) is 1.82. The average molecular weight is 277 g/mol. The molecule has 0 amide bonds. The van der Waals surface area contributed by atoms with Crippen LogP contribution in [0.15, 0.2) is 23.1 Å². The van der Waals surface area contributed by atoms with Gasteiger partial charge in [-0.2, -0.15) is 0 Å². The second-order valence-corrected chi connectivity index (χ2v) is 5.97. The fraction of sp³-hybridized carbons (Fsp3) is 0.500. The van der Waals surface area contributed by atoms with Crippen LogP contribution in [0.1, 0.15) is 13.8 Å². The number of benzene rings is 1. The van der Waals surface area contributed by atoms with Crippen molar-refractivity contribution in [2.24, 2.45) is 5.73 Å². The SMILES string of the molecule is COC(C)(C)C(N)CS(=O)c1cc(F)ccc1F. The van der Waals surface area contributed by atoms with Crippen molar-refractivity contribution in [2.45, 2.75) is 30.4 Å². The highest BCUT2D eigenvalue weighted by molar-refractivity contribution is 7.85. The third kappa shape index (κ3) is 3.57. The molecule has 0 aliphatic rings. The quantitative estimate of drug-likeness (QED) is 0.893. The van der Waals surface area contributed by atoms with Gasteiger partial charge in [0.25, 0.3) is 0 Å². The summed E-state index contributed by atoms with van der Waals surface area (Å²) in [6.45, 7) is 3.49. The van der Waals surface area contributed by atoms with Crippen LogP contribution in [0.4, 0.5) is 8.78 Å². The van der Waals surface area contributed by atoms with E-state index in [2.05, 4.69) is 0 Å². The van der Waals surface area contributed by atoms with Crippen molar-refractivity contribution in [1.29, 1.82) is 0 Å². The van der Waals surface area contributed by atoms with Crippen LogP contribution in [0.2, 0.25) is 0 Å². The van der Waals surface area contributed by atoms with Gasteiger partial charge in [0.05, 0.1) is 21.3 Å². The van der Waals surface area contributed by atoms with Crippen molar-refractivity contribution < 1.29 is 17.7 Å². The van der Waals surface area contributed by atoms with Crippen molar-refractivity contribution >= 4 is 10.8 Å². The van der Waals surface area contributed by atoms with Crippen LogP contribution < -0.4 is 5.73 Å². The summed E-state index contributed by atoms with van der Waals surface area (Å²) in [4.78, 5) is -0.169. The number of hydrogen-bond donors (Lipinski definition) is 1. The number of methoxy groups -OCH3 is 1. The molecule has 18 heavy (non-hydrogen) atoms. The minimum atomic E-state index is -1.70. The first kappa shape index (κ1) is 15.2. The Kier molecular flexibility index (Phi) is 4.95. The minimum absolute atomic E-state index is 0.00120. The Morgan fingerprint density at radius 1 is 1.44 bits per heavy atom. The fourth-order valence-electron chi connectivity index (χ4n) is 1.26. The van der Waals surface area contributed by atoms with E-state index in [1.807, 2.05) is 0 Å². The molecule has 1 aromatic carbocycles. The number of rotatable bonds is 5. The molecule has 0 radical (unpaired) electrons. The standard InChI is InChI=1S/C12H17F2NO2S/c1-12(2,17-3)11(15)7-18(16)10-6-8(13)4-5-9(10)14/h4-6,11H,7,15H2,1-3H3. The molecule has 1 rings (SSSR count). The van der Waals surface area contributed by atoms with Gasteiger partial charge in [-0.3, -0.25) is 4.21 Å². The summed E-state index contributed by atoms with van der Waals surface area (Å²) in [7, 11) is -0.212. The summed E-state index contributed by atoms with van der Waals surface area (Å²) in [5.41, 5.74) is 5.17. The molecule has 0 bridgehead atoms. The molecule has 2 unspecified atom stereocenters. The van der Waals surface area contributed by atoms with Gasteiger partial charge in [-0.25, -0.2) is 8.78 Å². The number of halogens is 2. The fourth-order valence-corrected chi connectivity index (χ4v) is 2.69. The Labute approximate surface area is 108 Å². The van der Waals surface area contributed by atoms with Crippen LogP contribution >= 0.6 is 0 Å². The second kappa shape index (κ2) is 5.86. The Balaban J connectivity index is 2.86. The third-order valence-corrected chi connectivity index (χ3v) is 4.35. The van der Waals surface area contributed by atoms with Crippen LogP contribution in [0, 0.1) is 11.6 Å². The highest BCUT2D eigenvalue weighted by Gasteiger charge is 2.28. The molecule has 1 aromatic rings. The van der Waals surface area contributed by atoms with Crippen molar-refractivity contribution in [3.05, 3.63) is 29.8 Å². The normalized spacial score (nSPS) is 15.4. The van der Waals surface area contributed by atoms with Crippen LogP contribution in [0.25, 0.3) is 0 Å². The maximum absolute atomic E-state index is 13.4. The molecule has 2 atom stereocenters. The van der Waals surface area contributed by atoms with Gasteiger partial charge in [-0.1, -0.05) is 0 Å². The zero-order valence-electron chi connectivity index (χ0n) is 10.6. The van der Waals surface area contributed by atoms with E-state index in [4.69, 9.17) is 10.5 Å². The van der Waals surface area contributed by atoms with E-state index in [0.29, 0.717) is 0 Å². The Hall–Kier alpha value is -0.850. The van der Waals surface area contributed by atoms with Gasteiger partial charge in [0.1, 0.15) is 11.6 Å². The van der Waals surface area contributed by atoms with Gasteiger partial charge in [0, 0.05) is 18.9 Å². The molecule has 0 saturated heterocycles. The maximum Gasteiger partial charge on any atom is 0.139 e. The van der Waals surface area contributed by atoms with Gasteiger partial charge < -0.3 is 10.5 Å². The molecule has 0 aliphatic heterocycles. The largest absolute Gasteiger partial charge is 0.377 e. The second-order valence-electron chi connectivity index (χ2n) is 4.50. The predicted molar refractivity (Wildman–Crippen MR) is 66.7 cm³/mol. The molecule has 0 aromatic heterocycles. The Morgan fingerprint density at radius 2 is 2.06 bits per heavy atom. The molecule has 0 spiro atoms. The number of ether oxygens (including phenoxy) is 1. The van der Waals surface area contributed by atoms with E-state index in [1.165, 1.54) is 7.11 Å². The van der Waals surface area contributed by atoms with Crippen LogP contribution in [0.3, 0.4) is 0 Å². The molecule has 0 saturated carbocycles. The van der Waals surface area contributed by atoms with Crippen LogP contribution in [-0.2, 0) is 15.5 Å². The van der Waals surface area contributed by atoms with Gasteiger partial charge in [0.2, 0.25) is 0 Å². The summed E-state index contributed by atoms with van der Waals surface area (Å²) < 4.78 is 43.5. The first-order valence-corrected chi connectivity index (χ1v) is 6.74. The molecule has 102 valence electrons. The lowest BCUT2D eigenvalue weighted by Crippen LogP contribution is -2.48. The topological polar surface area (TPSA) is 52.3 Å². The van der Waals surface area contributed by atoms with Gasteiger partial charge in [-0.15, -0.1) is 0 Å². The summed E-state index contributed by atoms with van der Waals surface area (Å²) >= 11 is 0. The third-order valence-electron chi connectivity index (χ3n) is 2.89. The van der Waals surface area contributed by atoms with Gasteiger partial charge in [-0.05, 0) is 32.0 Å². The molecule has 2 N–H and O–H groups in total. The summed E-state index contributed by atoms with van der Waals surface area (Å²) in [5, 5.41) is 0. The summed E-state index contributed by atoms with van der Waals surface area (Å²) in [6.07, 6.45) is 0. The molecule has 6 heteroatoms. The number of nitrogens with two attached hydrogens (primary N) is 1. The molecule has 0 fully saturated rings. The van der Waals surface area contributed by atoms with E-state index in [-0.39, 0.29) is 10.6 Å². The van der Waals surface area contributed by atoms with Crippen LogP contribution in [0.5, 0.6) is 0 Å². The Bertz CT molecular complexity index is 452. The highest BCUT2D eigenvalue weighted by Crippen LogP contribution is 2.18. The van der Waals surface area contributed by atoms with Crippen molar-refractivity contribution in [2.75, 3.05) is 12.9 Å². The van der Waals surface area contributed by atoms with E-state index in [1.54, 1.807) is 13.8 Å². The summed E-state index contributed by atoms with van der Waals surface area (Å²) in [5.74, 6) is -1.32. The molecular weight excluding hydrogens is 260 g/mol. The van der Waals surface area contributed by atoms with Crippen LogP contribution in [-0.4, -0.2) is 28.7 Å². The van der Waals surface area contributed by atoms with Crippen molar-refractivity contribution in [3.63, 3.8) is 0 Å². The molecule has 0 heterocycles. The number of hydrogen-bond acceptors (Lipinski definition) is 3. The zero-order chi connectivity index (χ0) is 13.9. The smallest absolute Gasteiger partial charge is 0.139 e. The van der Waals surface area contributed by atoms with E-state index in [0.717, 1.165) is 18.2 Å². The first-order valence-electron chi connectivity index (χ1n) is 5.42. The zero-order valence-corrected chi connectivity index (χ0v) is 11.4. The highest BCUT2D eigenvalue weighted by atomic mass is 32.2. The van der Waals surface area contributed by atoms with Crippen molar-refractivity contribution in [3.8, 4) is 0 Å². The van der Waals surface area contributed by atoms with Crippen molar-refractivity contribution in [1.82, 2.24) is 0 Å². The molecule has 3 nitrogen and oxygen atoms in total. The lowest BCUT2D eigenvalue weighted by atomic mass is 10.0. The first-order chi connectivity index (χ1) is 8.27. The van der Waals surface area contributed by atoms with Gasteiger partial charge in [0.15, 0.2) is 0 Å².